The Hall–Kier alpha value is -1.85. The lowest BCUT2D eigenvalue weighted by Gasteiger charge is -2.34. The highest BCUT2D eigenvalue weighted by atomic mass is 19.2. The number of halogens is 2. The highest BCUT2D eigenvalue weighted by Crippen LogP contribution is 2.26. The molecule has 2 N–H and O–H groups in total. The Kier molecular flexibility index (Phi) is 3.12. The molecule has 0 atom stereocenters. The highest BCUT2D eigenvalue weighted by Gasteiger charge is 2.32. The molecule has 17 heavy (non-hydrogen) atoms. The predicted octanol–water partition coefficient (Wildman–Crippen LogP) is 2.14. The van der Waals surface area contributed by atoms with Crippen molar-refractivity contribution >= 4 is 6.09 Å². The van der Waals surface area contributed by atoms with Crippen LogP contribution in [0.25, 0.3) is 0 Å². The third kappa shape index (κ3) is 2.83. The normalized spacial score (nSPS) is 22.7. The average molecular weight is 243 g/mol. The molecule has 6 heteroatoms. The number of carbonyl (C=O) groups is 1. The van der Waals surface area contributed by atoms with Crippen molar-refractivity contribution in [2.45, 2.75) is 25.0 Å². The molecular weight excluding hydrogens is 232 g/mol. The summed E-state index contributed by atoms with van der Waals surface area (Å²) in [6.45, 7) is 0. The summed E-state index contributed by atoms with van der Waals surface area (Å²) in [6, 6.07) is 3.20. The van der Waals surface area contributed by atoms with Crippen molar-refractivity contribution in [2.24, 2.45) is 0 Å². The Morgan fingerprint density at radius 3 is 2.65 bits per heavy atom. The molecule has 1 aliphatic carbocycles. The molecule has 1 aromatic rings. The molecular formula is C11H11F2NO3. The van der Waals surface area contributed by atoms with Crippen LogP contribution >= 0.6 is 0 Å². The van der Waals surface area contributed by atoms with Crippen molar-refractivity contribution in [2.75, 3.05) is 0 Å². The molecule has 0 unspecified atom stereocenters. The molecule has 0 spiro atoms. The van der Waals surface area contributed by atoms with Gasteiger partial charge in [0.15, 0.2) is 11.6 Å². The first-order valence-electron chi connectivity index (χ1n) is 5.16. The Morgan fingerprint density at radius 2 is 2.06 bits per heavy atom. The second kappa shape index (κ2) is 4.57. The van der Waals surface area contributed by atoms with Gasteiger partial charge in [-0.05, 0) is 12.1 Å². The van der Waals surface area contributed by atoms with Crippen molar-refractivity contribution in [1.82, 2.24) is 5.32 Å². The molecule has 1 fully saturated rings. The summed E-state index contributed by atoms with van der Waals surface area (Å²) < 4.78 is 30.8. The van der Waals surface area contributed by atoms with Crippen LogP contribution in [-0.4, -0.2) is 23.3 Å². The van der Waals surface area contributed by atoms with Gasteiger partial charge in [-0.3, -0.25) is 0 Å². The third-order valence-electron chi connectivity index (χ3n) is 2.62. The number of amides is 1. The third-order valence-corrected chi connectivity index (χ3v) is 2.62. The van der Waals surface area contributed by atoms with Crippen molar-refractivity contribution in [3.8, 4) is 5.75 Å². The zero-order chi connectivity index (χ0) is 12.4. The van der Waals surface area contributed by atoms with Gasteiger partial charge in [-0.2, -0.15) is 0 Å². The van der Waals surface area contributed by atoms with Gasteiger partial charge in [0.2, 0.25) is 0 Å². The van der Waals surface area contributed by atoms with Gasteiger partial charge in [0.25, 0.3) is 0 Å². The summed E-state index contributed by atoms with van der Waals surface area (Å²) in [4.78, 5) is 10.3. The molecule has 1 saturated carbocycles. The average Bonchev–Trinajstić information content (AvgIpc) is 2.19. The van der Waals surface area contributed by atoms with E-state index in [1.807, 2.05) is 0 Å². The van der Waals surface area contributed by atoms with Gasteiger partial charge in [0.05, 0.1) is 0 Å². The fourth-order valence-corrected chi connectivity index (χ4v) is 1.70. The van der Waals surface area contributed by atoms with Crippen LogP contribution in [0.5, 0.6) is 5.75 Å². The molecule has 2 rings (SSSR count). The van der Waals surface area contributed by atoms with E-state index in [0.29, 0.717) is 12.8 Å². The minimum atomic E-state index is -1.07. The summed E-state index contributed by atoms with van der Waals surface area (Å²) >= 11 is 0. The first-order valence-corrected chi connectivity index (χ1v) is 5.16. The number of hydrogen-bond donors (Lipinski definition) is 2. The number of rotatable bonds is 3. The van der Waals surface area contributed by atoms with Crippen LogP contribution in [-0.2, 0) is 0 Å². The van der Waals surface area contributed by atoms with Crippen LogP contribution in [0.4, 0.5) is 13.6 Å². The van der Waals surface area contributed by atoms with Crippen molar-refractivity contribution in [3.63, 3.8) is 0 Å². The fraction of sp³-hybridized carbons (Fsp3) is 0.364. The number of benzene rings is 1. The number of carboxylic acid groups (broad SMARTS) is 1. The molecule has 92 valence electrons. The number of ether oxygens (including phenoxy) is 1. The van der Waals surface area contributed by atoms with Crippen molar-refractivity contribution in [1.29, 1.82) is 0 Å². The van der Waals surface area contributed by atoms with Gasteiger partial charge in [0.1, 0.15) is 11.9 Å². The maximum absolute atomic E-state index is 12.9. The molecule has 0 radical (unpaired) electrons. The SMILES string of the molecule is O=C(O)N[C@H]1C[C@H](Oc2ccc(F)c(F)c2)C1. The summed E-state index contributed by atoms with van der Waals surface area (Å²) in [6.07, 6.45) is -0.158. The van der Waals surface area contributed by atoms with E-state index in [9.17, 15) is 13.6 Å². The molecule has 0 aromatic heterocycles. The minimum Gasteiger partial charge on any atom is -0.490 e. The van der Waals surface area contributed by atoms with E-state index in [4.69, 9.17) is 9.84 Å². The van der Waals surface area contributed by atoms with Crippen LogP contribution in [0.1, 0.15) is 12.8 Å². The van der Waals surface area contributed by atoms with Crippen LogP contribution in [0, 0.1) is 11.6 Å². The first kappa shape index (κ1) is 11.6. The van der Waals surface area contributed by atoms with Crippen LogP contribution in [0.15, 0.2) is 18.2 Å². The lowest BCUT2D eigenvalue weighted by atomic mass is 9.89. The summed E-state index contributed by atoms with van der Waals surface area (Å²) in [7, 11) is 0. The van der Waals surface area contributed by atoms with Gasteiger partial charge < -0.3 is 15.2 Å². The van der Waals surface area contributed by atoms with Crippen molar-refractivity contribution < 1.29 is 23.4 Å². The minimum absolute atomic E-state index is 0.122. The van der Waals surface area contributed by atoms with E-state index in [2.05, 4.69) is 5.32 Å². The maximum atomic E-state index is 12.9. The zero-order valence-corrected chi connectivity index (χ0v) is 8.82. The van der Waals surface area contributed by atoms with E-state index in [0.717, 1.165) is 12.1 Å². The second-order valence-corrected chi connectivity index (χ2v) is 3.93. The molecule has 0 saturated heterocycles. The van der Waals surface area contributed by atoms with Crippen LogP contribution in [0.2, 0.25) is 0 Å². The number of hydrogen-bond acceptors (Lipinski definition) is 2. The predicted molar refractivity (Wildman–Crippen MR) is 55.0 cm³/mol. The van der Waals surface area contributed by atoms with Gasteiger partial charge in [-0.1, -0.05) is 0 Å². The topological polar surface area (TPSA) is 58.6 Å². The van der Waals surface area contributed by atoms with E-state index in [1.54, 1.807) is 0 Å². The standard InChI is InChI=1S/C11H11F2NO3/c12-9-2-1-7(5-10(9)13)17-8-3-6(4-8)14-11(15)16/h1-2,5-6,8,14H,3-4H2,(H,15,16)/t6-,8-. The molecule has 0 heterocycles. The molecule has 1 amide bonds. The molecule has 0 aliphatic heterocycles. The van der Waals surface area contributed by atoms with Crippen molar-refractivity contribution in [3.05, 3.63) is 29.8 Å². The Balaban J connectivity index is 1.83. The largest absolute Gasteiger partial charge is 0.490 e. The Labute approximate surface area is 96.2 Å². The summed E-state index contributed by atoms with van der Waals surface area (Å²) in [5.74, 6) is -1.62. The zero-order valence-electron chi connectivity index (χ0n) is 8.82. The maximum Gasteiger partial charge on any atom is 0.404 e. The van der Waals surface area contributed by atoms with Gasteiger partial charge in [-0.15, -0.1) is 0 Å². The quantitative estimate of drug-likeness (QED) is 0.855. The Bertz CT molecular complexity index is 433. The highest BCUT2D eigenvalue weighted by molar-refractivity contribution is 5.65. The van der Waals surface area contributed by atoms with E-state index < -0.39 is 17.7 Å². The number of nitrogens with one attached hydrogen (secondary N) is 1. The van der Waals surface area contributed by atoms with Gasteiger partial charge in [0, 0.05) is 24.9 Å². The van der Waals surface area contributed by atoms with Gasteiger partial charge >= 0.3 is 6.09 Å². The van der Waals surface area contributed by atoms with E-state index in [-0.39, 0.29) is 17.9 Å². The summed E-state index contributed by atoms with van der Waals surface area (Å²) in [5, 5.41) is 10.8. The lowest BCUT2D eigenvalue weighted by Crippen LogP contribution is -2.48. The first-order chi connectivity index (χ1) is 8.04. The molecule has 4 nitrogen and oxygen atoms in total. The monoisotopic (exact) mass is 243 g/mol. The van der Waals surface area contributed by atoms with E-state index in [1.165, 1.54) is 6.07 Å². The smallest absolute Gasteiger partial charge is 0.404 e. The second-order valence-electron chi connectivity index (χ2n) is 3.93. The van der Waals surface area contributed by atoms with Gasteiger partial charge in [-0.25, -0.2) is 13.6 Å². The van der Waals surface area contributed by atoms with Crippen LogP contribution in [0.3, 0.4) is 0 Å². The molecule has 0 bridgehead atoms. The van der Waals surface area contributed by atoms with Crippen LogP contribution < -0.4 is 10.1 Å². The lowest BCUT2D eigenvalue weighted by molar-refractivity contribution is 0.0830. The van der Waals surface area contributed by atoms with E-state index >= 15 is 0 Å². The Morgan fingerprint density at radius 1 is 1.35 bits per heavy atom. The summed E-state index contributed by atoms with van der Waals surface area (Å²) in [5.41, 5.74) is 0. The molecule has 1 aliphatic rings. The molecule has 1 aromatic carbocycles. The fourth-order valence-electron chi connectivity index (χ4n) is 1.70.